The lowest BCUT2D eigenvalue weighted by Gasteiger charge is -2.16. The predicted octanol–water partition coefficient (Wildman–Crippen LogP) is 0.0618. The van der Waals surface area contributed by atoms with Crippen molar-refractivity contribution in [2.24, 2.45) is 0 Å². The van der Waals surface area contributed by atoms with Gasteiger partial charge in [-0.05, 0) is 13.8 Å². The van der Waals surface area contributed by atoms with Gasteiger partial charge in [-0.15, -0.1) is 0 Å². The van der Waals surface area contributed by atoms with Gasteiger partial charge in [0.1, 0.15) is 13.4 Å². The van der Waals surface area contributed by atoms with Crippen molar-refractivity contribution in [1.82, 2.24) is 0 Å². The molecule has 1 aliphatic heterocycles. The first-order valence-corrected chi connectivity index (χ1v) is 3.18. The van der Waals surface area contributed by atoms with Crippen LogP contribution >= 0.6 is 0 Å². The molecule has 60 valence electrons. The van der Waals surface area contributed by atoms with E-state index in [4.69, 9.17) is 19.3 Å². The van der Waals surface area contributed by atoms with Crippen LogP contribution in [-0.4, -0.2) is 30.6 Å². The number of aliphatic hydroxyl groups is 1. The van der Waals surface area contributed by atoms with Crippen molar-refractivity contribution in [3.8, 4) is 0 Å². The van der Waals surface area contributed by atoms with Gasteiger partial charge < -0.3 is 19.3 Å². The third-order valence-electron chi connectivity index (χ3n) is 1.24. The molecule has 4 nitrogen and oxygen atoms in total. The molecule has 1 heterocycles. The largest absolute Gasteiger partial charge is 0.371 e. The number of ether oxygens (including phenoxy) is 3. The van der Waals surface area contributed by atoms with Crippen molar-refractivity contribution in [2.45, 2.75) is 25.9 Å². The van der Waals surface area contributed by atoms with Gasteiger partial charge in [-0.25, -0.2) is 0 Å². The molecule has 1 atom stereocenters. The van der Waals surface area contributed by atoms with E-state index in [-0.39, 0.29) is 6.79 Å². The Morgan fingerprint density at radius 3 is 2.80 bits per heavy atom. The minimum atomic E-state index is -0.570. The zero-order valence-corrected chi connectivity index (χ0v) is 6.16. The van der Waals surface area contributed by atoms with Crippen LogP contribution in [-0.2, 0) is 14.2 Å². The average molecular weight is 148 g/mol. The van der Waals surface area contributed by atoms with Crippen molar-refractivity contribution < 1.29 is 19.3 Å². The first-order chi connectivity index (χ1) is 4.64. The molecule has 0 bridgehead atoms. The van der Waals surface area contributed by atoms with Crippen LogP contribution in [0.4, 0.5) is 0 Å². The highest BCUT2D eigenvalue weighted by Gasteiger charge is 2.32. The van der Waals surface area contributed by atoms with Gasteiger partial charge in [0.15, 0.2) is 12.1 Å². The van der Waals surface area contributed by atoms with Crippen molar-refractivity contribution >= 4 is 0 Å². The second kappa shape index (κ2) is 2.84. The maximum atomic E-state index is 8.34. The Balaban J connectivity index is 2.29. The minimum Gasteiger partial charge on any atom is -0.371 e. The van der Waals surface area contributed by atoms with Gasteiger partial charge in [-0.2, -0.15) is 0 Å². The van der Waals surface area contributed by atoms with Crippen molar-refractivity contribution in [1.29, 1.82) is 0 Å². The van der Waals surface area contributed by atoms with Crippen LogP contribution in [0.2, 0.25) is 0 Å². The van der Waals surface area contributed by atoms with E-state index in [0.29, 0.717) is 6.61 Å². The minimum absolute atomic E-state index is 0.329. The Hall–Kier alpha value is -0.160. The van der Waals surface area contributed by atoms with Gasteiger partial charge in [-0.3, -0.25) is 0 Å². The summed E-state index contributed by atoms with van der Waals surface area (Å²) in [5, 5.41) is 8.34. The van der Waals surface area contributed by atoms with Crippen molar-refractivity contribution in [3.05, 3.63) is 0 Å². The number of hydrogen-bond acceptors (Lipinski definition) is 4. The molecule has 1 rings (SSSR count). The van der Waals surface area contributed by atoms with Gasteiger partial charge in [0.05, 0.1) is 0 Å². The molecule has 0 aromatic rings. The molecule has 1 fully saturated rings. The predicted molar refractivity (Wildman–Crippen MR) is 33.1 cm³/mol. The molecule has 4 heteroatoms. The molecule has 1 N–H and O–H groups in total. The summed E-state index contributed by atoms with van der Waals surface area (Å²) in [6, 6.07) is 0. The van der Waals surface area contributed by atoms with Crippen molar-refractivity contribution in [2.75, 3.05) is 13.4 Å². The average Bonchev–Trinajstić information content (AvgIpc) is 2.12. The van der Waals surface area contributed by atoms with Crippen LogP contribution in [0.5, 0.6) is 0 Å². The summed E-state index contributed by atoms with van der Waals surface area (Å²) in [5.74, 6) is -0.570. The smallest absolute Gasteiger partial charge is 0.187 e. The van der Waals surface area contributed by atoms with Crippen LogP contribution in [0, 0.1) is 0 Å². The lowest BCUT2D eigenvalue weighted by molar-refractivity contribution is -0.209. The Morgan fingerprint density at radius 1 is 1.70 bits per heavy atom. The van der Waals surface area contributed by atoms with Gasteiger partial charge >= 0.3 is 0 Å². The first kappa shape index (κ1) is 7.94. The summed E-state index contributed by atoms with van der Waals surface area (Å²) in [6.45, 7) is 3.65. The number of aliphatic hydroxyl groups excluding tert-OH is 1. The molecular weight excluding hydrogens is 136 g/mol. The third-order valence-corrected chi connectivity index (χ3v) is 1.24. The maximum Gasteiger partial charge on any atom is 0.187 e. The maximum absolute atomic E-state index is 8.34. The fourth-order valence-electron chi connectivity index (χ4n) is 0.819. The number of hydrogen-bond donors (Lipinski definition) is 1. The molecule has 1 aliphatic rings. The Morgan fingerprint density at radius 2 is 2.40 bits per heavy atom. The quantitative estimate of drug-likeness (QED) is 0.562. The highest BCUT2D eigenvalue weighted by molar-refractivity contribution is 4.63. The topological polar surface area (TPSA) is 47.9 Å². The summed E-state index contributed by atoms with van der Waals surface area (Å²) in [5.41, 5.74) is 0. The van der Waals surface area contributed by atoms with Gasteiger partial charge in [0, 0.05) is 0 Å². The summed E-state index contributed by atoms with van der Waals surface area (Å²) in [6.07, 6.45) is -0.417. The van der Waals surface area contributed by atoms with E-state index in [0.717, 1.165) is 0 Å². The van der Waals surface area contributed by atoms with Crippen LogP contribution in [0.3, 0.4) is 0 Å². The molecule has 0 aromatic carbocycles. The van der Waals surface area contributed by atoms with Crippen LogP contribution in [0.1, 0.15) is 13.8 Å². The van der Waals surface area contributed by atoms with Gasteiger partial charge in [-0.1, -0.05) is 0 Å². The Kier molecular flexibility index (Phi) is 2.25. The zero-order valence-electron chi connectivity index (χ0n) is 6.16. The van der Waals surface area contributed by atoms with E-state index in [1.807, 2.05) is 0 Å². The first-order valence-electron chi connectivity index (χ1n) is 3.18. The molecule has 10 heavy (non-hydrogen) atoms. The molecule has 0 radical (unpaired) electrons. The fraction of sp³-hybridized carbons (Fsp3) is 1.00. The molecule has 0 amide bonds. The summed E-state index contributed by atoms with van der Waals surface area (Å²) < 4.78 is 15.1. The van der Waals surface area contributed by atoms with Gasteiger partial charge in [0.25, 0.3) is 0 Å². The summed E-state index contributed by atoms with van der Waals surface area (Å²) in [4.78, 5) is 0. The van der Waals surface area contributed by atoms with E-state index in [2.05, 4.69) is 0 Å². The van der Waals surface area contributed by atoms with Crippen molar-refractivity contribution in [3.63, 3.8) is 0 Å². The molecule has 0 saturated carbocycles. The lowest BCUT2D eigenvalue weighted by atomic mass is 10.4. The van der Waals surface area contributed by atoms with E-state index in [1.165, 1.54) is 0 Å². The second-order valence-corrected chi connectivity index (χ2v) is 2.55. The lowest BCUT2D eigenvalue weighted by Crippen LogP contribution is -2.22. The highest BCUT2D eigenvalue weighted by atomic mass is 16.8. The van der Waals surface area contributed by atoms with Crippen LogP contribution in [0.25, 0.3) is 0 Å². The Bertz CT molecular complexity index is 112. The van der Waals surface area contributed by atoms with E-state index in [1.54, 1.807) is 13.8 Å². The molecular formula is C6H12O4. The number of rotatable bonds is 2. The summed E-state index contributed by atoms with van der Waals surface area (Å²) in [7, 11) is 0. The van der Waals surface area contributed by atoms with Gasteiger partial charge in [0.2, 0.25) is 0 Å². The molecule has 0 aliphatic carbocycles. The molecule has 1 unspecified atom stereocenters. The molecule has 1 saturated heterocycles. The Labute approximate surface area is 59.7 Å². The highest BCUT2D eigenvalue weighted by Crippen LogP contribution is 2.22. The summed E-state index contributed by atoms with van der Waals surface area (Å²) >= 11 is 0. The third kappa shape index (κ3) is 1.91. The fourth-order valence-corrected chi connectivity index (χ4v) is 0.819. The zero-order chi connectivity index (χ0) is 7.61. The monoisotopic (exact) mass is 148 g/mol. The van der Waals surface area contributed by atoms with E-state index >= 15 is 0 Å². The SMILES string of the molecule is CC1(C)OCC(OCO)O1. The van der Waals surface area contributed by atoms with E-state index < -0.39 is 12.1 Å². The normalized spacial score (nSPS) is 30.9. The second-order valence-electron chi connectivity index (χ2n) is 2.55. The molecule has 0 aromatic heterocycles. The van der Waals surface area contributed by atoms with E-state index in [9.17, 15) is 0 Å². The molecule has 0 spiro atoms. The van der Waals surface area contributed by atoms with Crippen LogP contribution in [0.15, 0.2) is 0 Å². The van der Waals surface area contributed by atoms with Crippen LogP contribution < -0.4 is 0 Å². The standard InChI is InChI=1S/C6H12O4/c1-6(2)9-3-5(10-6)8-4-7/h5,7H,3-4H2,1-2H3.